The van der Waals surface area contributed by atoms with Crippen LogP contribution in [0.2, 0.25) is 0 Å². The topological polar surface area (TPSA) is 53.1 Å². The quantitative estimate of drug-likeness (QED) is 0.877. The molecule has 0 aromatic carbocycles. The van der Waals surface area contributed by atoms with E-state index in [-0.39, 0.29) is 18.5 Å². The van der Waals surface area contributed by atoms with Crippen LogP contribution >= 0.6 is 0 Å². The van der Waals surface area contributed by atoms with Crippen LogP contribution in [-0.4, -0.2) is 29.0 Å². The normalized spacial score (nSPS) is 22.9. The first-order chi connectivity index (χ1) is 7.97. The summed E-state index contributed by atoms with van der Waals surface area (Å²) in [6.45, 7) is 1.53. The molecule has 0 amide bonds. The SMILES string of the molecule is NC(Cn1ccc(C(F)(F)F)n1)C1CCOC1. The lowest BCUT2D eigenvalue weighted by molar-refractivity contribution is -0.141. The fraction of sp³-hybridized carbons (Fsp3) is 0.700. The Balaban J connectivity index is 1.96. The van der Waals surface area contributed by atoms with Crippen LogP contribution in [0, 0.1) is 5.92 Å². The lowest BCUT2D eigenvalue weighted by Gasteiger charge is -2.17. The maximum atomic E-state index is 12.3. The predicted molar refractivity (Wildman–Crippen MR) is 54.1 cm³/mol. The van der Waals surface area contributed by atoms with E-state index in [0.717, 1.165) is 12.5 Å². The molecule has 4 nitrogen and oxygen atoms in total. The summed E-state index contributed by atoms with van der Waals surface area (Å²) >= 11 is 0. The Morgan fingerprint density at radius 3 is 2.88 bits per heavy atom. The highest BCUT2D eigenvalue weighted by atomic mass is 19.4. The summed E-state index contributed by atoms with van der Waals surface area (Å²) in [5, 5.41) is 3.46. The van der Waals surface area contributed by atoms with E-state index in [4.69, 9.17) is 10.5 Å². The summed E-state index contributed by atoms with van der Waals surface area (Å²) in [6, 6.07) is 0.733. The second-order valence-corrected chi connectivity index (χ2v) is 4.21. The molecule has 0 bridgehead atoms. The first-order valence-corrected chi connectivity index (χ1v) is 5.41. The molecule has 2 unspecified atom stereocenters. The summed E-state index contributed by atoms with van der Waals surface area (Å²) in [4.78, 5) is 0. The van der Waals surface area contributed by atoms with E-state index in [1.807, 2.05) is 0 Å². The zero-order valence-electron chi connectivity index (χ0n) is 9.15. The number of hydrogen-bond acceptors (Lipinski definition) is 3. The molecule has 2 atom stereocenters. The van der Waals surface area contributed by atoms with Gasteiger partial charge in [-0.15, -0.1) is 0 Å². The Kier molecular flexibility index (Phi) is 3.39. The van der Waals surface area contributed by atoms with E-state index in [0.29, 0.717) is 13.2 Å². The molecule has 0 aliphatic carbocycles. The molecular weight excluding hydrogens is 235 g/mol. The number of alkyl halides is 3. The van der Waals surface area contributed by atoms with Crippen LogP contribution < -0.4 is 5.73 Å². The molecule has 17 heavy (non-hydrogen) atoms. The van der Waals surface area contributed by atoms with Crippen molar-refractivity contribution in [1.29, 1.82) is 0 Å². The smallest absolute Gasteiger partial charge is 0.381 e. The molecule has 1 aliphatic rings. The molecule has 7 heteroatoms. The molecule has 0 spiro atoms. The zero-order valence-corrected chi connectivity index (χ0v) is 9.15. The van der Waals surface area contributed by atoms with E-state index in [9.17, 15) is 13.2 Å². The van der Waals surface area contributed by atoms with Gasteiger partial charge in [-0.25, -0.2) is 0 Å². The van der Waals surface area contributed by atoms with Crippen molar-refractivity contribution in [3.05, 3.63) is 18.0 Å². The number of nitrogens with two attached hydrogens (primary N) is 1. The summed E-state index contributed by atoms with van der Waals surface area (Å²) in [5.41, 5.74) is 5.03. The zero-order chi connectivity index (χ0) is 12.5. The molecule has 96 valence electrons. The van der Waals surface area contributed by atoms with E-state index in [1.165, 1.54) is 10.9 Å². The minimum absolute atomic E-state index is 0.202. The Bertz CT molecular complexity index is 371. The molecule has 2 rings (SSSR count). The number of ether oxygens (including phenoxy) is 1. The molecule has 0 radical (unpaired) electrons. The first kappa shape index (κ1) is 12.4. The van der Waals surface area contributed by atoms with Gasteiger partial charge in [0, 0.05) is 24.8 Å². The molecule has 1 fully saturated rings. The number of aromatic nitrogens is 2. The van der Waals surface area contributed by atoms with Crippen molar-refractivity contribution in [2.75, 3.05) is 13.2 Å². The first-order valence-electron chi connectivity index (χ1n) is 5.41. The average molecular weight is 249 g/mol. The van der Waals surface area contributed by atoms with Gasteiger partial charge in [0.2, 0.25) is 0 Å². The van der Waals surface area contributed by atoms with Crippen molar-refractivity contribution in [3.63, 3.8) is 0 Å². The molecular formula is C10H14F3N3O. The fourth-order valence-electron chi connectivity index (χ4n) is 1.87. The van der Waals surface area contributed by atoms with Gasteiger partial charge in [-0.1, -0.05) is 0 Å². The Labute approximate surface area is 96.5 Å². The van der Waals surface area contributed by atoms with Gasteiger partial charge in [0.05, 0.1) is 13.2 Å². The summed E-state index contributed by atoms with van der Waals surface area (Å²) in [5.74, 6) is 0.202. The van der Waals surface area contributed by atoms with Gasteiger partial charge in [0.15, 0.2) is 5.69 Å². The van der Waals surface area contributed by atoms with Crippen molar-refractivity contribution in [3.8, 4) is 0 Å². The molecule has 1 aliphatic heterocycles. The summed E-state index contributed by atoms with van der Waals surface area (Å²) in [7, 11) is 0. The number of nitrogens with zero attached hydrogens (tertiary/aromatic N) is 2. The van der Waals surface area contributed by atoms with Crippen LogP contribution in [0.5, 0.6) is 0 Å². The predicted octanol–water partition coefficient (Wildman–Crippen LogP) is 1.27. The molecule has 0 saturated carbocycles. The van der Waals surface area contributed by atoms with Crippen LogP contribution in [0.3, 0.4) is 0 Å². The largest absolute Gasteiger partial charge is 0.435 e. The molecule has 1 aromatic rings. The Hall–Kier alpha value is -1.08. The molecule has 2 N–H and O–H groups in total. The van der Waals surface area contributed by atoms with Crippen molar-refractivity contribution in [2.24, 2.45) is 11.7 Å². The van der Waals surface area contributed by atoms with Gasteiger partial charge in [-0.3, -0.25) is 4.68 Å². The van der Waals surface area contributed by atoms with Gasteiger partial charge in [-0.2, -0.15) is 18.3 Å². The van der Waals surface area contributed by atoms with E-state index >= 15 is 0 Å². The standard InChI is InChI=1S/C10H14F3N3O/c11-10(12,13)9-1-3-16(15-9)5-8(14)7-2-4-17-6-7/h1,3,7-8H,2,4-6,14H2. The third-order valence-electron chi connectivity index (χ3n) is 2.90. The lowest BCUT2D eigenvalue weighted by atomic mass is 10.0. The number of hydrogen-bond donors (Lipinski definition) is 1. The highest BCUT2D eigenvalue weighted by molar-refractivity contribution is 5.03. The van der Waals surface area contributed by atoms with E-state index < -0.39 is 11.9 Å². The van der Waals surface area contributed by atoms with Crippen LogP contribution in [0.1, 0.15) is 12.1 Å². The summed E-state index contributed by atoms with van der Waals surface area (Å²) in [6.07, 6.45) is -2.24. The third kappa shape index (κ3) is 2.98. The molecule has 2 heterocycles. The molecule has 1 aromatic heterocycles. The van der Waals surface area contributed by atoms with Crippen LogP contribution in [-0.2, 0) is 17.5 Å². The maximum absolute atomic E-state index is 12.3. The monoisotopic (exact) mass is 249 g/mol. The fourth-order valence-corrected chi connectivity index (χ4v) is 1.87. The third-order valence-corrected chi connectivity index (χ3v) is 2.90. The van der Waals surface area contributed by atoms with Crippen LogP contribution in [0.25, 0.3) is 0 Å². The van der Waals surface area contributed by atoms with Gasteiger partial charge >= 0.3 is 6.18 Å². The highest BCUT2D eigenvalue weighted by Gasteiger charge is 2.33. The minimum Gasteiger partial charge on any atom is -0.381 e. The van der Waals surface area contributed by atoms with Crippen molar-refractivity contribution in [1.82, 2.24) is 9.78 Å². The van der Waals surface area contributed by atoms with E-state index in [1.54, 1.807) is 0 Å². The minimum atomic E-state index is -4.40. The Morgan fingerprint density at radius 2 is 2.35 bits per heavy atom. The maximum Gasteiger partial charge on any atom is 0.435 e. The Morgan fingerprint density at radius 1 is 1.59 bits per heavy atom. The lowest BCUT2D eigenvalue weighted by Crippen LogP contribution is -2.35. The second-order valence-electron chi connectivity index (χ2n) is 4.21. The van der Waals surface area contributed by atoms with Gasteiger partial charge in [0.1, 0.15) is 0 Å². The molecule has 1 saturated heterocycles. The number of halogens is 3. The van der Waals surface area contributed by atoms with Gasteiger partial charge in [0.25, 0.3) is 0 Å². The number of rotatable bonds is 3. The summed E-state index contributed by atoms with van der Waals surface area (Å²) < 4.78 is 43.4. The van der Waals surface area contributed by atoms with Crippen LogP contribution in [0.4, 0.5) is 13.2 Å². The van der Waals surface area contributed by atoms with Gasteiger partial charge in [-0.05, 0) is 12.5 Å². The van der Waals surface area contributed by atoms with E-state index in [2.05, 4.69) is 5.10 Å². The van der Waals surface area contributed by atoms with Gasteiger partial charge < -0.3 is 10.5 Å². The van der Waals surface area contributed by atoms with Crippen LogP contribution in [0.15, 0.2) is 12.3 Å². The van der Waals surface area contributed by atoms with Crippen molar-refractivity contribution < 1.29 is 17.9 Å². The van der Waals surface area contributed by atoms with Crippen molar-refractivity contribution >= 4 is 0 Å². The second kappa shape index (κ2) is 4.66. The average Bonchev–Trinajstić information content (AvgIpc) is 2.85. The highest BCUT2D eigenvalue weighted by Crippen LogP contribution is 2.27. The van der Waals surface area contributed by atoms with Crippen molar-refractivity contribution in [2.45, 2.75) is 25.2 Å².